The molecule has 1 aromatic rings. The largest absolute Gasteiger partial charge is 0.343 e. The Hall–Kier alpha value is -1.06. The molecule has 4 heteroatoms. The molecule has 92 valence electrons. The van der Waals surface area contributed by atoms with Gasteiger partial charge in [0.25, 0.3) is 0 Å². The van der Waals surface area contributed by atoms with Crippen LogP contribution in [-0.4, -0.2) is 48.9 Å². The van der Waals surface area contributed by atoms with Crippen molar-refractivity contribution in [2.75, 3.05) is 32.7 Å². The van der Waals surface area contributed by atoms with Gasteiger partial charge < -0.3 is 4.90 Å². The summed E-state index contributed by atoms with van der Waals surface area (Å²) in [7, 11) is 0. The lowest BCUT2D eigenvalue weighted by Gasteiger charge is -2.32. The lowest BCUT2D eigenvalue weighted by molar-refractivity contribution is -0.119. The van der Waals surface area contributed by atoms with Gasteiger partial charge in [0, 0.05) is 37.7 Å². The number of halogens is 1. The molecule has 17 heavy (non-hydrogen) atoms. The molecule has 0 N–H and O–H groups in total. The van der Waals surface area contributed by atoms with Gasteiger partial charge >= 0.3 is 0 Å². The molecule has 1 amide bonds. The van der Waals surface area contributed by atoms with Crippen LogP contribution in [0.4, 0.5) is 0 Å². The lowest BCUT2D eigenvalue weighted by Crippen LogP contribution is -2.46. The van der Waals surface area contributed by atoms with Crippen molar-refractivity contribution in [3.63, 3.8) is 0 Å². The van der Waals surface area contributed by atoms with Gasteiger partial charge in [-0.3, -0.25) is 9.69 Å². The van der Waals surface area contributed by atoms with Crippen LogP contribution in [0, 0.1) is 0 Å². The van der Waals surface area contributed by atoms with Crippen LogP contribution in [0.2, 0.25) is 5.02 Å². The molecule has 1 fully saturated rings. The number of amides is 1. The Morgan fingerprint density at radius 1 is 1.18 bits per heavy atom. The minimum Gasteiger partial charge on any atom is -0.343 e. The van der Waals surface area contributed by atoms with Crippen LogP contribution in [0.5, 0.6) is 0 Å². The average molecular weight is 253 g/mol. The molecule has 0 saturated carbocycles. The van der Waals surface area contributed by atoms with Gasteiger partial charge in [0.15, 0.2) is 0 Å². The summed E-state index contributed by atoms with van der Waals surface area (Å²) in [5, 5.41) is 0.846. The van der Waals surface area contributed by atoms with Gasteiger partial charge in [-0.05, 0) is 18.1 Å². The minimum absolute atomic E-state index is 0.839. The van der Waals surface area contributed by atoms with Crippen LogP contribution in [-0.2, 0) is 11.2 Å². The van der Waals surface area contributed by atoms with E-state index in [1.807, 2.05) is 23.1 Å². The Morgan fingerprint density at radius 3 is 2.53 bits per heavy atom. The van der Waals surface area contributed by atoms with Crippen molar-refractivity contribution in [3.8, 4) is 0 Å². The van der Waals surface area contributed by atoms with Crippen molar-refractivity contribution in [3.05, 3.63) is 34.9 Å². The van der Waals surface area contributed by atoms with E-state index in [-0.39, 0.29) is 0 Å². The topological polar surface area (TPSA) is 23.6 Å². The van der Waals surface area contributed by atoms with E-state index in [2.05, 4.69) is 11.0 Å². The number of carbonyl (C=O) groups is 1. The second-order valence-electron chi connectivity index (χ2n) is 4.32. The monoisotopic (exact) mass is 252 g/mol. The van der Waals surface area contributed by atoms with E-state index in [1.54, 1.807) is 0 Å². The zero-order chi connectivity index (χ0) is 12.1. The van der Waals surface area contributed by atoms with Crippen molar-refractivity contribution in [2.45, 2.75) is 6.42 Å². The molecule has 0 spiro atoms. The summed E-state index contributed by atoms with van der Waals surface area (Å²) in [5.74, 6) is 0. The maximum Gasteiger partial charge on any atom is 0.209 e. The van der Waals surface area contributed by atoms with Crippen LogP contribution in [0.25, 0.3) is 0 Å². The Kier molecular flexibility index (Phi) is 4.40. The third-order valence-electron chi connectivity index (χ3n) is 3.21. The van der Waals surface area contributed by atoms with Crippen LogP contribution in [0.1, 0.15) is 5.56 Å². The molecule has 1 saturated heterocycles. The highest BCUT2D eigenvalue weighted by atomic mass is 35.5. The highest BCUT2D eigenvalue weighted by Crippen LogP contribution is 2.15. The van der Waals surface area contributed by atoms with Gasteiger partial charge in [-0.2, -0.15) is 0 Å². The van der Waals surface area contributed by atoms with Crippen LogP contribution < -0.4 is 0 Å². The number of rotatable bonds is 4. The molecular formula is C13H17ClN2O. The molecule has 0 aliphatic carbocycles. The van der Waals surface area contributed by atoms with Crippen molar-refractivity contribution >= 4 is 18.0 Å². The molecule has 0 unspecified atom stereocenters. The number of piperazine rings is 1. The third-order valence-corrected chi connectivity index (χ3v) is 3.58. The Morgan fingerprint density at radius 2 is 1.88 bits per heavy atom. The normalized spacial score (nSPS) is 17.1. The maximum absolute atomic E-state index is 10.6. The standard InChI is InChI=1S/C13H17ClN2O/c14-13-4-2-1-3-12(13)5-6-15-7-9-16(11-17)10-8-15/h1-4,11H,5-10H2. The lowest BCUT2D eigenvalue weighted by atomic mass is 10.1. The second-order valence-corrected chi connectivity index (χ2v) is 4.73. The van der Waals surface area contributed by atoms with E-state index in [0.29, 0.717) is 0 Å². The minimum atomic E-state index is 0.839. The molecule has 1 heterocycles. The van der Waals surface area contributed by atoms with Gasteiger partial charge in [0.1, 0.15) is 0 Å². The number of benzene rings is 1. The Labute approximate surface area is 107 Å². The van der Waals surface area contributed by atoms with Crippen molar-refractivity contribution in [2.24, 2.45) is 0 Å². The first kappa shape index (κ1) is 12.4. The first-order valence-electron chi connectivity index (χ1n) is 5.94. The van der Waals surface area contributed by atoms with Crippen LogP contribution >= 0.6 is 11.6 Å². The van der Waals surface area contributed by atoms with E-state index >= 15 is 0 Å². The summed E-state index contributed by atoms with van der Waals surface area (Å²) < 4.78 is 0. The summed E-state index contributed by atoms with van der Waals surface area (Å²) in [6.07, 6.45) is 1.91. The molecule has 1 aliphatic heterocycles. The summed E-state index contributed by atoms with van der Waals surface area (Å²) in [4.78, 5) is 14.8. The Bertz CT molecular complexity index is 375. The van der Waals surface area contributed by atoms with E-state index in [9.17, 15) is 4.79 Å². The zero-order valence-corrected chi connectivity index (χ0v) is 10.6. The highest BCUT2D eigenvalue weighted by Gasteiger charge is 2.14. The van der Waals surface area contributed by atoms with Gasteiger partial charge in [-0.15, -0.1) is 0 Å². The fourth-order valence-corrected chi connectivity index (χ4v) is 2.30. The summed E-state index contributed by atoms with van der Waals surface area (Å²) in [6.45, 7) is 4.61. The number of hydrogen-bond donors (Lipinski definition) is 0. The molecule has 0 aromatic heterocycles. The van der Waals surface area contributed by atoms with E-state index in [0.717, 1.165) is 50.6 Å². The molecule has 0 atom stereocenters. The molecular weight excluding hydrogens is 236 g/mol. The van der Waals surface area contributed by atoms with E-state index < -0.39 is 0 Å². The van der Waals surface area contributed by atoms with Crippen molar-refractivity contribution < 1.29 is 4.79 Å². The number of carbonyl (C=O) groups excluding carboxylic acids is 1. The van der Waals surface area contributed by atoms with Crippen LogP contribution in [0.3, 0.4) is 0 Å². The van der Waals surface area contributed by atoms with Crippen molar-refractivity contribution in [1.82, 2.24) is 9.80 Å². The number of hydrogen-bond acceptors (Lipinski definition) is 2. The molecule has 3 nitrogen and oxygen atoms in total. The smallest absolute Gasteiger partial charge is 0.209 e. The van der Waals surface area contributed by atoms with Gasteiger partial charge in [-0.25, -0.2) is 0 Å². The van der Waals surface area contributed by atoms with Gasteiger partial charge in [0.2, 0.25) is 6.41 Å². The third kappa shape index (κ3) is 3.45. The van der Waals surface area contributed by atoms with Crippen LogP contribution in [0.15, 0.2) is 24.3 Å². The predicted octanol–water partition coefficient (Wildman–Crippen LogP) is 1.66. The van der Waals surface area contributed by atoms with Crippen molar-refractivity contribution in [1.29, 1.82) is 0 Å². The molecule has 0 bridgehead atoms. The second kappa shape index (κ2) is 6.03. The maximum atomic E-state index is 10.6. The molecule has 1 aliphatic rings. The van der Waals surface area contributed by atoms with Gasteiger partial charge in [0.05, 0.1) is 0 Å². The SMILES string of the molecule is O=CN1CCN(CCc2ccccc2Cl)CC1. The summed E-state index contributed by atoms with van der Waals surface area (Å²) >= 11 is 6.11. The highest BCUT2D eigenvalue weighted by molar-refractivity contribution is 6.31. The summed E-state index contributed by atoms with van der Waals surface area (Å²) in [5.41, 5.74) is 1.20. The molecule has 1 aromatic carbocycles. The fourth-order valence-electron chi connectivity index (χ4n) is 2.07. The number of nitrogens with zero attached hydrogens (tertiary/aromatic N) is 2. The van der Waals surface area contributed by atoms with E-state index in [1.165, 1.54) is 5.56 Å². The first-order valence-corrected chi connectivity index (χ1v) is 6.32. The summed E-state index contributed by atoms with van der Waals surface area (Å²) in [6, 6.07) is 7.98. The average Bonchev–Trinajstić information content (AvgIpc) is 2.38. The molecule has 2 rings (SSSR count). The zero-order valence-electron chi connectivity index (χ0n) is 9.81. The van der Waals surface area contributed by atoms with E-state index in [4.69, 9.17) is 11.6 Å². The van der Waals surface area contributed by atoms with Gasteiger partial charge in [-0.1, -0.05) is 29.8 Å². The Balaban J connectivity index is 1.80. The fraction of sp³-hybridized carbons (Fsp3) is 0.462. The predicted molar refractivity (Wildman–Crippen MR) is 69.2 cm³/mol. The molecule has 0 radical (unpaired) electrons. The first-order chi connectivity index (χ1) is 8.29. The quantitative estimate of drug-likeness (QED) is 0.761.